The first-order chi connectivity index (χ1) is 15.3. The maximum Gasteiger partial charge on any atom is 0.293 e. The number of methoxy groups -OCH3 is 1. The predicted molar refractivity (Wildman–Crippen MR) is 131 cm³/mol. The number of benzene rings is 2. The average Bonchev–Trinajstić information content (AvgIpc) is 3.00. The summed E-state index contributed by atoms with van der Waals surface area (Å²) in [4.78, 5) is 26.2. The fourth-order valence-electron chi connectivity index (χ4n) is 2.89. The molecule has 170 valence electrons. The van der Waals surface area contributed by atoms with Crippen LogP contribution in [-0.2, 0) is 16.1 Å². The topological polar surface area (TPSA) is 65.1 Å². The minimum absolute atomic E-state index is 0.215. The van der Waals surface area contributed by atoms with Crippen molar-refractivity contribution in [2.75, 3.05) is 26.9 Å². The number of ether oxygens (including phenoxy) is 3. The van der Waals surface area contributed by atoms with Crippen LogP contribution < -0.4 is 9.47 Å². The number of amides is 2. The van der Waals surface area contributed by atoms with E-state index in [0.717, 1.165) is 17.3 Å². The molecule has 32 heavy (non-hydrogen) atoms. The van der Waals surface area contributed by atoms with Gasteiger partial charge < -0.3 is 14.2 Å². The molecule has 0 radical (unpaired) electrons. The number of halogens is 3. The van der Waals surface area contributed by atoms with E-state index in [-0.39, 0.29) is 30.9 Å². The highest BCUT2D eigenvalue weighted by Gasteiger charge is 2.34. The highest BCUT2D eigenvalue weighted by molar-refractivity contribution is 9.10. The Bertz CT molecular complexity index is 1060. The average molecular weight is 561 g/mol. The summed E-state index contributed by atoms with van der Waals surface area (Å²) >= 11 is 16.6. The van der Waals surface area contributed by atoms with Crippen LogP contribution in [0.5, 0.6) is 11.5 Å². The van der Waals surface area contributed by atoms with Gasteiger partial charge in [-0.1, -0.05) is 29.3 Å². The molecule has 0 saturated carbocycles. The van der Waals surface area contributed by atoms with Crippen LogP contribution in [0.15, 0.2) is 39.7 Å². The molecule has 0 unspecified atom stereocenters. The second-order valence-corrected chi connectivity index (χ2v) is 9.30. The van der Waals surface area contributed by atoms with Crippen molar-refractivity contribution in [2.24, 2.45) is 0 Å². The molecule has 1 saturated heterocycles. The Morgan fingerprint density at radius 3 is 2.62 bits per heavy atom. The van der Waals surface area contributed by atoms with Crippen LogP contribution in [0.4, 0.5) is 4.79 Å². The molecule has 1 heterocycles. The molecule has 0 aliphatic carbocycles. The van der Waals surface area contributed by atoms with Gasteiger partial charge in [-0.05, 0) is 70.5 Å². The van der Waals surface area contributed by atoms with E-state index in [0.29, 0.717) is 43.1 Å². The molecule has 2 amide bonds. The number of imide groups is 1. The van der Waals surface area contributed by atoms with Crippen molar-refractivity contribution in [1.29, 1.82) is 0 Å². The van der Waals surface area contributed by atoms with Gasteiger partial charge in [0.1, 0.15) is 6.61 Å². The van der Waals surface area contributed by atoms with Gasteiger partial charge in [0.05, 0.1) is 29.1 Å². The van der Waals surface area contributed by atoms with Crippen molar-refractivity contribution in [2.45, 2.75) is 13.5 Å². The van der Waals surface area contributed by atoms with Gasteiger partial charge in [-0.15, -0.1) is 0 Å². The molecular formula is C22H20BrCl2NO5S. The standard InChI is InChI=1S/C22H20BrCl2NO5S/c1-3-30-18-9-13(10-19-21(27)26(6-7-29-2)22(28)32-19)8-16(23)20(18)31-12-14-4-5-15(24)11-17(14)25/h4-5,8-11H,3,6-7,12H2,1-2H3/b19-10+. The fraction of sp³-hybridized carbons (Fsp3) is 0.273. The van der Waals surface area contributed by atoms with E-state index in [2.05, 4.69) is 15.9 Å². The highest BCUT2D eigenvalue weighted by atomic mass is 79.9. The first kappa shape index (κ1) is 24.9. The van der Waals surface area contributed by atoms with E-state index in [1.807, 2.05) is 6.92 Å². The molecule has 0 aromatic heterocycles. The molecule has 0 spiro atoms. The summed E-state index contributed by atoms with van der Waals surface area (Å²) in [5.41, 5.74) is 1.47. The Morgan fingerprint density at radius 1 is 1.16 bits per heavy atom. The second kappa shape index (κ2) is 11.4. The van der Waals surface area contributed by atoms with Crippen LogP contribution in [0.1, 0.15) is 18.1 Å². The molecular weight excluding hydrogens is 541 g/mol. The highest BCUT2D eigenvalue weighted by Crippen LogP contribution is 2.40. The zero-order valence-electron chi connectivity index (χ0n) is 17.3. The molecule has 2 aromatic rings. The molecule has 2 aromatic carbocycles. The minimum Gasteiger partial charge on any atom is -0.490 e. The van der Waals surface area contributed by atoms with E-state index in [1.165, 1.54) is 12.0 Å². The largest absolute Gasteiger partial charge is 0.490 e. The third kappa shape index (κ3) is 5.99. The Morgan fingerprint density at radius 2 is 1.94 bits per heavy atom. The predicted octanol–water partition coefficient (Wildman–Crippen LogP) is 6.42. The van der Waals surface area contributed by atoms with Gasteiger partial charge in [0.15, 0.2) is 11.5 Å². The Hall–Kier alpha value is -1.71. The molecule has 1 fully saturated rings. The number of rotatable bonds is 9. The number of hydrogen-bond donors (Lipinski definition) is 0. The molecule has 0 atom stereocenters. The first-order valence-corrected chi connectivity index (χ1v) is 12.0. The van der Waals surface area contributed by atoms with E-state index in [1.54, 1.807) is 36.4 Å². The van der Waals surface area contributed by atoms with Crippen LogP contribution in [0.2, 0.25) is 10.0 Å². The summed E-state index contributed by atoms with van der Waals surface area (Å²) in [6.07, 6.45) is 1.66. The van der Waals surface area contributed by atoms with E-state index < -0.39 is 0 Å². The number of hydrogen-bond acceptors (Lipinski definition) is 6. The minimum atomic E-state index is -0.344. The lowest BCUT2D eigenvalue weighted by Crippen LogP contribution is -2.31. The van der Waals surface area contributed by atoms with Gasteiger partial charge in [-0.3, -0.25) is 14.5 Å². The molecule has 10 heteroatoms. The quantitative estimate of drug-likeness (QED) is 0.330. The fourth-order valence-corrected chi connectivity index (χ4v) is 4.79. The Kier molecular flexibility index (Phi) is 8.90. The Balaban J connectivity index is 1.84. The maximum absolute atomic E-state index is 12.6. The van der Waals surface area contributed by atoms with Crippen LogP contribution in [0, 0.1) is 0 Å². The monoisotopic (exact) mass is 559 g/mol. The molecule has 1 aliphatic rings. The van der Waals surface area contributed by atoms with Gasteiger partial charge in [-0.25, -0.2) is 0 Å². The summed E-state index contributed by atoms with van der Waals surface area (Å²) in [5.74, 6) is 0.656. The summed E-state index contributed by atoms with van der Waals surface area (Å²) in [6, 6.07) is 8.75. The second-order valence-electron chi connectivity index (χ2n) is 6.61. The lowest BCUT2D eigenvalue weighted by atomic mass is 10.1. The van der Waals surface area contributed by atoms with Crippen LogP contribution >= 0.6 is 50.9 Å². The van der Waals surface area contributed by atoms with E-state index >= 15 is 0 Å². The summed E-state index contributed by atoms with van der Waals surface area (Å²) in [5, 5.41) is 0.737. The van der Waals surface area contributed by atoms with Crippen molar-refractivity contribution < 1.29 is 23.8 Å². The Labute approximate surface area is 208 Å². The molecule has 6 nitrogen and oxygen atoms in total. The van der Waals surface area contributed by atoms with Crippen LogP contribution in [0.3, 0.4) is 0 Å². The van der Waals surface area contributed by atoms with Crippen LogP contribution in [-0.4, -0.2) is 42.9 Å². The summed E-state index contributed by atoms with van der Waals surface area (Å²) < 4.78 is 17.3. The van der Waals surface area contributed by atoms with Gasteiger partial charge in [0, 0.05) is 22.7 Å². The number of carbonyl (C=O) groups is 2. The third-order valence-electron chi connectivity index (χ3n) is 4.41. The molecule has 0 N–H and O–H groups in total. The van der Waals surface area contributed by atoms with E-state index in [4.69, 9.17) is 37.4 Å². The van der Waals surface area contributed by atoms with E-state index in [9.17, 15) is 9.59 Å². The third-order valence-corrected chi connectivity index (χ3v) is 6.49. The lowest BCUT2D eigenvalue weighted by molar-refractivity contribution is -0.123. The molecule has 1 aliphatic heterocycles. The normalized spacial score (nSPS) is 15.0. The van der Waals surface area contributed by atoms with Crippen molar-refractivity contribution in [1.82, 2.24) is 4.90 Å². The molecule has 3 rings (SSSR count). The van der Waals surface area contributed by atoms with Crippen molar-refractivity contribution in [3.63, 3.8) is 0 Å². The SMILES string of the molecule is CCOc1cc(/C=C2/SC(=O)N(CCOC)C2=O)cc(Br)c1OCc1ccc(Cl)cc1Cl. The van der Waals surface area contributed by atoms with Crippen molar-refractivity contribution in [3.05, 3.63) is 60.9 Å². The summed E-state index contributed by atoms with van der Waals surface area (Å²) in [6.45, 7) is 3.00. The van der Waals surface area contributed by atoms with Crippen LogP contribution in [0.25, 0.3) is 6.08 Å². The van der Waals surface area contributed by atoms with Gasteiger partial charge in [-0.2, -0.15) is 0 Å². The zero-order valence-corrected chi connectivity index (χ0v) is 21.2. The molecule has 0 bridgehead atoms. The number of nitrogens with zero attached hydrogens (tertiary/aromatic N) is 1. The lowest BCUT2D eigenvalue weighted by Gasteiger charge is -2.15. The zero-order chi connectivity index (χ0) is 23.3. The number of thioether (sulfide) groups is 1. The maximum atomic E-state index is 12.6. The van der Waals surface area contributed by atoms with Crippen molar-refractivity contribution >= 4 is 68.1 Å². The van der Waals surface area contributed by atoms with Crippen molar-refractivity contribution in [3.8, 4) is 11.5 Å². The van der Waals surface area contributed by atoms with Gasteiger partial charge in [0.25, 0.3) is 11.1 Å². The first-order valence-electron chi connectivity index (χ1n) is 9.61. The smallest absolute Gasteiger partial charge is 0.293 e. The van der Waals surface area contributed by atoms with Gasteiger partial charge in [0.2, 0.25) is 0 Å². The summed E-state index contributed by atoms with van der Waals surface area (Å²) in [7, 11) is 1.52. The number of carbonyl (C=O) groups excluding carboxylic acids is 2. The van der Waals surface area contributed by atoms with Gasteiger partial charge >= 0.3 is 0 Å².